The van der Waals surface area contributed by atoms with Crippen LogP contribution in [0.5, 0.6) is 0 Å². The molecule has 1 saturated heterocycles. The highest BCUT2D eigenvalue weighted by atomic mass is 16.7. The van der Waals surface area contributed by atoms with Crippen LogP contribution in [0.3, 0.4) is 0 Å². The summed E-state index contributed by atoms with van der Waals surface area (Å²) in [5.41, 5.74) is 2.49. The quantitative estimate of drug-likeness (QED) is 0.405. The monoisotopic (exact) mass is 494 g/mol. The third kappa shape index (κ3) is 7.51. The fraction of sp³-hybridized carbons (Fsp3) is 0.542. The highest BCUT2D eigenvalue weighted by Gasteiger charge is 2.54. The van der Waals surface area contributed by atoms with Crippen LogP contribution in [0.25, 0.3) is 0 Å². The molecule has 5 atom stereocenters. The molecular weight excluding hydrogens is 464 g/mol. The minimum Gasteiger partial charge on any atom is -0.463 e. The first kappa shape index (κ1) is 27.8. The third-order valence-electron chi connectivity index (χ3n) is 5.05. The second-order valence-corrected chi connectivity index (χ2v) is 8.25. The number of ether oxygens (including phenoxy) is 6. The average Bonchev–Trinajstić information content (AvgIpc) is 2.69. The molecule has 1 fully saturated rings. The fourth-order valence-electron chi connectivity index (χ4n) is 3.94. The Kier molecular flexibility index (Phi) is 9.35. The number of aryl methyl sites for hydroxylation is 3. The molecule has 0 radical (unpaired) electrons. The first-order valence-electron chi connectivity index (χ1n) is 10.9. The summed E-state index contributed by atoms with van der Waals surface area (Å²) >= 11 is 0. The fourth-order valence-corrected chi connectivity index (χ4v) is 3.94. The van der Waals surface area contributed by atoms with E-state index in [1.807, 2.05) is 6.92 Å². The maximum absolute atomic E-state index is 13.2. The van der Waals surface area contributed by atoms with Crippen molar-refractivity contribution in [1.29, 1.82) is 0 Å². The molecule has 192 valence electrons. The second-order valence-electron chi connectivity index (χ2n) is 8.25. The molecule has 1 aromatic rings. The number of hydrogen-bond acceptors (Lipinski definition) is 11. The lowest BCUT2D eigenvalue weighted by Gasteiger charge is -2.43. The van der Waals surface area contributed by atoms with Gasteiger partial charge in [-0.25, -0.2) is 4.79 Å². The summed E-state index contributed by atoms with van der Waals surface area (Å²) in [6.07, 6.45) is -7.05. The Balaban J connectivity index is 2.52. The number of esters is 5. The van der Waals surface area contributed by atoms with Gasteiger partial charge in [-0.3, -0.25) is 19.2 Å². The normalized spacial score (nSPS) is 23.6. The van der Waals surface area contributed by atoms with Crippen molar-refractivity contribution >= 4 is 29.8 Å². The lowest BCUT2D eigenvalue weighted by Crippen LogP contribution is -2.63. The van der Waals surface area contributed by atoms with Gasteiger partial charge in [-0.05, 0) is 31.9 Å². The summed E-state index contributed by atoms with van der Waals surface area (Å²) in [6.45, 7) is 9.42. The standard InChI is InChI=1S/C24H30O11/c1-11-8-12(2)19(13(3)9-11)23(29)35-22-21(32-16(6)27)20(31-15(5)26)18(10-30-14(4)25)34-24(22)33-17(7)28/h8-9,18,20-22,24H,10H2,1-7H3/t18-,20-,21+,22+,24-/m1/s1. The highest BCUT2D eigenvalue weighted by Crippen LogP contribution is 2.31. The van der Waals surface area contributed by atoms with Gasteiger partial charge in [-0.1, -0.05) is 17.7 Å². The molecule has 0 amide bonds. The molecular formula is C24H30O11. The zero-order chi connectivity index (χ0) is 26.4. The van der Waals surface area contributed by atoms with Crippen molar-refractivity contribution in [1.82, 2.24) is 0 Å². The molecule has 2 rings (SSSR count). The predicted octanol–water partition coefficient (Wildman–Crippen LogP) is 1.85. The van der Waals surface area contributed by atoms with Gasteiger partial charge in [0.15, 0.2) is 12.2 Å². The molecule has 1 aliphatic rings. The van der Waals surface area contributed by atoms with Gasteiger partial charge in [0.25, 0.3) is 0 Å². The van der Waals surface area contributed by atoms with Gasteiger partial charge in [-0.2, -0.15) is 0 Å². The number of carbonyl (C=O) groups excluding carboxylic acids is 5. The van der Waals surface area contributed by atoms with E-state index in [0.717, 1.165) is 33.3 Å². The number of benzene rings is 1. The molecule has 1 heterocycles. The maximum atomic E-state index is 13.2. The molecule has 0 unspecified atom stereocenters. The minimum atomic E-state index is -1.56. The van der Waals surface area contributed by atoms with Gasteiger partial charge < -0.3 is 28.4 Å². The van der Waals surface area contributed by atoms with Crippen LogP contribution in [0.1, 0.15) is 54.7 Å². The van der Waals surface area contributed by atoms with Crippen LogP contribution in [0.4, 0.5) is 0 Å². The van der Waals surface area contributed by atoms with E-state index in [0.29, 0.717) is 11.1 Å². The van der Waals surface area contributed by atoms with Gasteiger partial charge in [0.2, 0.25) is 12.4 Å². The van der Waals surface area contributed by atoms with Crippen molar-refractivity contribution in [3.63, 3.8) is 0 Å². The molecule has 0 N–H and O–H groups in total. The molecule has 0 spiro atoms. The Morgan fingerprint density at radius 3 is 1.71 bits per heavy atom. The van der Waals surface area contributed by atoms with Crippen LogP contribution in [0, 0.1) is 20.8 Å². The van der Waals surface area contributed by atoms with Crippen molar-refractivity contribution in [2.45, 2.75) is 79.2 Å². The summed E-state index contributed by atoms with van der Waals surface area (Å²) in [5, 5.41) is 0. The lowest BCUT2D eigenvalue weighted by atomic mass is 9.97. The highest BCUT2D eigenvalue weighted by molar-refractivity contribution is 5.93. The van der Waals surface area contributed by atoms with Crippen molar-refractivity contribution in [2.24, 2.45) is 0 Å². The SMILES string of the molecule is CC(=O)OC[C@H]1O[C@@H](OC(C)=O)[C@@H](OC(=O)c2c(C)cc(C)cc2C)[C@@H](OC(C)=O)[C@@H]1OC(C)=O. The topological polar surface area (TPSA) is 141 Å². The van der Waals surface area contributed by atoms with Crippen LogP contribution in [-0.4, -0.2) is 67.2 Å². The Morgan fingerprint density at radius 2 is 1.23 bits per heavy atom. The summed E-state index contributed by atoms with van der Waals surface area (Å²) in [7, 11) is 0. The van der Waals surface area contributed by atoms with Crippen molar-refractivity contribution in [3.05, 3.63) is 34.4 Å². The molecule has 0 aromatic heterocycles. The smallest absolute Gasteiger partial charge is 0.339 e. The molecule has 0 saturated carbocycles. The molecule has 1 aliphatic heterocycles. The minimum absolute atomic E-state index is 0.268. The van der Waals surface area contributed by atoms with Crippen LogP contribution in [0.2, 0.25) is 0 Å². The number of hydrogen-bond donors (Lipinski definition) is 0. The molecule has 0 aliphatic carbocycles. The summed E-state index contributed by atoms with van der Waals surface area (Å²) in [5.74, 6) is -3.77. The predicted molar refractivity (Wildman–Crippen MR) is 118 cm³/mol. The number of carbonyl (C=O) groups is 5. The second kappa shape index (κ2) is 11.8. The van der Waals surface area contributed by atoms with Crippen molar-refractivity contribution in [2.75, 3.05) is 6.61 Å². The summed E-state index contributed by atoms with van der Waals surface area (Å²) in [6, 6.07) is 3.59. The zero-order valence-electron chi connectivity index (χ0n) is 20.7. The molecule has 0 bridgehead atoms. The largest absolute Gasteiger partial charge is 0.463 e. The van der Waals surface area contributed by atoms with Crippen LogP contribution < -0.4 is 0 Å². The first-order chi connectivity index (χ1) is 16.3. The van der Waals surface area contributed by atoms with E-state index >= 15 is 0 Å². The van der Waals surface area contributed by atoms with Crippen molar-refractivity contribution < 1.29 is 52.4 Å². The number of rotatable bonds is 7. The summed E-state index contributed by atoms with van der Waals surface area (Å²) < 4.78 is 32.3. The van der Waals surface area contributed by atoms with E-state index in [1.54, 1.807) is 26.0 Å². The Hall–Kier alpha value is -3.47. The Morgan fingerprint density at radius 1 is 0.714 bits per heavy atom. The van der Waals surface area contributed by atoms with Gasteiger partial charge in [0.05, 0.1) is 5.56 Å². The molecule has 1 aromatic carbocycles. The van der Waals surface area contributed by atoms with Crippen LogP contribution in [-0.2, 0) is 47.6 Å². The van der Waals surface area contributed by atoms with E-state index in [1.165, 1.54) is 0 Å². The molecule has 11 nitrogen and oxygen atoms in total. The van der Waals surface area contributed by atoms with Gasteiger partial charge in [0.1, 0.15) is 12.7 Å². The van der Waals surface area contributed by atoms with Gasteiger partial charge >= 0.3 is 29.8 Å². The van der Waals surface area contributed by atoms with E-state index < -0.39 is 67.2 Å². The zero-order valence-corrected chi connectivity index (χ0v) is 20.7. The first-order valence-corrected chi connectivity index (χ1v) is 10.9. The lowest BCUT2D eigenvalue weighted by molar-refractivity contribution is -0.296. The van der Waals surface area contributed by atoms with E-state index in [-0.39, 0.29) is 5.56 Å². The molecule has 35 heavy (non-hydrogen) atoms. The average molecular weight is 494 g/mol. The van der Waals surface area contributed by atoms with E-state index in [4.69, 9.17) is 28.4 Å². The van der Waals surface area contributed by atoms with Gasteiger partial charge in [0, 0.05) is 27.7 Å². The van der Waals surface area contributed by atoms with E-state index in [2.05, 4.69) is 0 Å². The van der Waals surface area contributed by atoms with Crippen molar-refractivity contribution in [3.8, 4) is 0 Å². The third-order valence-corrected chi connectivity index (χ3v) is 5.05. The van der Waals surface area contributed by atoms with Crippen LogP contribution >= 0.6 is 0 Å². The summed E-state index contributed by atoms with van der Waals surface area (Å²) in [4.78, 5) is 60.2. The van der Waals surface area contributed by atoms with Gasteiger partial charge in [-0.15, -0.1) is 0 Å². The van der Waals surface area contributed by atoms with E-state index in [9.17, 15) is 24.0 Å². The van der Waals surface area contributed by atoms with Crippen LogP contribution in [0.15, 0.2) is 12.1 Å². The Labute approximate surface area is 202 Å². The Bertz CT molecular complexity index is 976. The molecule has 11 heteroatoms. The maximum Gasteiger partial charge on any atom is 0.339 e.